The average molecular weight is 275 g/mol. The van der Waals surface area contributed by atoms with Gasteiger partial charge in [-0.3, -0.25) is 10.1 Å². The molecule has 2 rings (SSSR count). The van der Waals surface area contributed by atoms with Gasteiger partial charge in [0.25, 0.3) is 0 Å². The maximum atomic E-state index is 11.5. The summed E-state index contributed by atoms with van der Waals surface area (Å²) in [6.45, 7) is 2.03. The Morgan fingerprint density at radius 2 is 2.05 bits per heavy atom. The van der Waals surface area contributed by atoms with E-state index in [9.17, 15) is 9.59 Å². The van der Waals surface area contributed by atoms with Crippen molar-refractivity contribution in [3.63, 3.8) is 0 Å². The molecule has 6 heteroatoms. The van der Waals surface area contributed by atoms with E-state index in [0.29, 0.717) is 12.1 Å². The zero-order valence-electron chi connectivity index (χ0n) is 11.2. The van der Waals surface area contributed by atoms with Gasteiger partial charge in [-0.25, -0.2) is 4.79 Å². The molecule has 1 aliphatic heterocycles. The summed E-state index contributed by atoms with van der Waals surface area (Å²) in [7, 11) is 0. The van der Waals surface area contributed by atoms with Crippen molar-refractivity contribution in [2.45, 2.75) is 19.5 Å². The van der Waals surface area contributed by atoms with Gasteiger partial charge in [-0.05, 0) is 19.1 Å². The van der Waals surface area contributed by atoms with Crippen LogP contribution in [0.3, 0.4) is 0 Å². The summed E-state index contributed by atoms with van der Waals surface area (Å²) in [4.78, 5) is 22.8. The maximum Gasteiger partial charge on any atom is 0.411 e. The second kappa shape index (κ2) is 6.60. The van der Waals surface area contributed by atoms with Crippen LogP contribution in [0.2, 0.25) is 0 Å². The highest BCUT2D eigenvalue weighted by Crippen LogP contribution is 2.06. The number of benzene rings is 1. The topological polar surface area (TPSA) is 79.5 Å². The van der Waals surface area contributed by atoms with Gasteiger partial charge in [0.15, 0.2) is 0 Å². The van der Waals surface area contributed by atoms with Crippen LogP contribution in [-0.2, 0) is 9.53 Å². The van der Waals surface area contributed by atoms with Crippen molar-refractivity contribution in [1.82, 2.24) is 10.6 Å². The Hall–Kier alpha value is -2.50. The summed E-state index contributed by atoms with van der Waals surface area (Å²) >= 11 is 0. The first-order valence-corrected chi connectivity index (χ1v) is 6.37. The average Bonchev–Trinajstić information content (AvgIpc) is 2.38. The van der Waals surface area contributed by atoms with Crippen LogP contribution in [0.15, 0.2) is 42.1 Å². The third-order valence-corrected chi connectivity index (χ3v) is 2.73. The predicted octanol–water partition coefficient (Wildman–Crippen LogP) is 1.57. The van der Waals surface area contributed by atoms with E-state index in [-0.39, 0.29) is 18.7 Å². The van der Waals surface area contributed by atoms with Crippen molar-refractivity contribution in [2.75, 3.05) is 11.9 Å². The number of amides is 2. The van der Waals surface area contributed by atoms with Gasteiger partial charge in [-0.1, -0.05) is 18.2 Å². The fourth-order valence-corrected chi connectivity index (χ4v) is 1.85. The molecule has 0 saturated heterocycles. The molecular weight excluding hydrogens is 258 g/mol. The van der Waals surface area contributed by atoms with Crippen molar-refractivity contribution < 1.29 is 14.3 Å². The van der Waals surface area contributed by atoms with Crippen LogP contribution in [0.1, 0.15) is 13.3 Å². The fourth-order valence-electron chi connectivity index (χ4n) is 1.85. The van der Waals surface area contributed by atoms with Gasteiger partial charge in [-0.15, -0.1) is 0 Å². The molecule has 0 aliphatic carbocycles. The second-order valence-electron chi connectivity index (χ2n) is 4.45. The maximum absolute atomic E-state index is 11.5. The van der Waals surface area contributed by atoms with Gasteiger partial charge in [0.2, 0.25) is 5.91 Å². The number of hydrogen-bond donors (Lipinski definition) is 3. The van der Waals surface area contributed by atoms with Gasteiger partial charge in [0, 0.05) is 23.9 Å². The van der Waals surface area contributed by atoms with E-state index in [1.54, 1.807) is 12.1 Å². The highest BCUT2D eigenvalue weighted by Gasteiger charge is 2.16. The molecule has 0 saturated carbocycles. The molecule has 0 bridgehead atoms. The highest BCUT2D eigenvalue weighted by molar-refractivity contribution is 5.89. The fraction of sp³-hybridized carbons (Fsp3) is 0.286. The monoisotopic (exact) mass is 275 g/mol. The Bertz CT molecular complexity index is 514. The number of anilines is 1. The normalized spacial score (nSPS) is 17.6. The molecule has 1 atom stereocenters. The molecule has 1 aliphatic rings. The minimum atomic E-state index is -0.509. The van der Waals surface area contributed by atoms with E-state index in [1.807, 2.05) is 25.1 Å². The van der Waals surface area contributed by atoms with E-state index in [1.165, 1.54) is 6.08 Å². The predicted molar refractivity (Wildman–Crippen MR) is 74.9 cm³/mol. The molecule has 2 amide bonds. The highest BCUT2D eigenvalue weighted by atomic mass is 16.5. The zero-order valence-corrected chi connectivity index (χ0v) is 11.2. The number of allylic oxidation sites excluding steroid dienone is 1. The molecule has 6 nitrogen and oxygen atoms in total. The lowest BCUT2D eigenvalue weighted by atomic mass is 10.2. The van der Waals surface area contributed by atoms with E-state index in [2.05, 4.69) is 16.0 Å². The van der Waals surface area contributed by atoms with Crippen LogP contribution in [0.4, 0.5) is 10.5 Å². The van der Waals surface area contributed by atoms with Crippen molar-refractivity contribution in [2.24, 2.45) is 0 Å². The van der Waals surface area contributed by atoms with Crippen LogP contribution >= 0.6 is 0 Å². The summed E-state index contributed by atoms with van der Waals surface area (Å²) in [5.74, 6) is -0.139. The van der Waals surface area contributed by atoms with E-state index >= 15 is 0 Å². The summed E-state index contributed by atoms with van der Waals surface area (Å²) in [5, 5.41) is 8.44. The molecule has 0 aromatic heterocycles. The lowest BCUT2D eigenvalue weighted by Gasteiger charge is -2.24. The number of carbonyl (C=O) groups is 2. The first-order valence-electron chi connectivity index (χ1n) is 6.37. The van der Waals surface area contributed by atoms with Crippen molar-refractivity contribution in [3.8, 4) is 0 Å². The van der Waals surface area contributed by atoms with E-state index in [4.69, 9.17) is 4.74 Å². The van der Waals surface area contributed by atoms with Crippen molar-refractivity contribution in [3.05, 3.63) is 42.1 Å². The lowest BCUT2D eigenvalue weighted by molar-refractivity contribution is -0.118. The van der Waals surface area contributed by atoms with Gasteiger partial charge in [0.1, 0.15) is 6.17 Å². The molecule has 0 fully saturated rings. The Labute approximate surface area is 117 Å². The van der Waals surface area contributed by atoms with Gasteiger partial charge >= 0.3 is 6.09 Å². The molecule has 0 radical (unpaired) electrons. The molecule has 20 heavy (non-hydrogen) atoms. The number of rotatable bonds is 4. The standard InChI is InChI=1S/C14H17N3O3/c1-10-9-13(18)17-12(15-10)7-8-20-14(19)16-11-5-3-2-4-6-11/h2-6,9,12,15H,7-8H2,1H3,(H,16,19)(H,17,18). The van der Waals surface area contributed by atoms with Gasteiger partial charge in [-0.2, -0.15) is 0 Å². The second-order valence-corrected chi connectivity index (χ2v) is 4.45. The van der Waals surface area contributed by atoms with Crippen molar-refractivity contribution in [1.29, 1.82) is 0 Å². The number of para-hydroxylation sites is 1. The smallest absolute Gasteiger partial charge is 0.411 e. The third kappa shape index (κ3) is 4.31. The number of nitrogens with one attached hydrogen (secondary N) is 3. The largest absolute Gasteiger partial charge is 0.449 e. The Morgan fingerprint density at radius 1 is 1.30 bits per heavy atom. The van der Waals surface area contributed by atoms with Crippen molar-refractivity contribution >= 4 is 17.7 Å². The molecule has 0 spiro atoms. The van der Waals surface area contributed by atoms with E-state index < -0.39 is 6.09 Å². The molecule has 3 N–H and O–H groups in total. The van der Waals surface area contributed by atoms with Crippen LogP contribution in [-0.4, -0.2) is 24.8 Å². The van der Waals surface area contributed by atoms with Crippen LogP contribution in [0.5, 0.6) is 0 Å². The summed E-state index contributed by atoms with van der Waals surface area (Å²) in [6, 6.07) is 9.07. The number of carbonyl (C=O) groups excluding carboxylic acids is 2. The molecule has 1 aromatic carbocycles. The quantitative estimate of drug-likeness (QED) is 0.779. The first kappa shape index (κ1) is 13.9. The Kier molecular flexibility index (Phi) is 4.60. The summed E-state index contributed by atoms with van der Waals surface area (Å²) in [6.07, 6.45) is 1.26. The Morgan fingerprint density at radius 3 is 2.75 bits per heavy atom. The number of ether oxygens (including phenoxy) is 1. The van der Waals surface area contributed by atoms with Gasteiger partial charge < -0.3 is 15.4 Å². The van der Waals surface area contributed by atoms with Gasteiger partial charge in [0.05, 0.1) is 6.61 Å². The van der Waals surface area contributed by atoms with Crippen LogP contribution < -0.4 is 16.0 Å². The van der Waals surface area contributed by atoms with Crippen LogP contribution in [0, 0.1) is 0 Å². The minimum absolute atomic E-state index is 0.139. The lowest BCUT2D eigenvalue weighted by Crippen LogP contribution is -2.48. The molecular formula is C14H17N3O3. The molecule has 1 aromatic rings. The Balaban J connectivity index is 1.70. The van der Waals surface area contributed by atoms with E-state index in [0.717, 1.165) is 5.70 Å². The molecule has 1 heterocycles. The summed E-state index contributed by atoms with van der Waals surface area (Å²) < 4.78 is 5.06. The zero-order chi connectivity index (χ0) is 14.4. The first-order chi connectivity index (χ1) is 9.63. The minimum Gasteiger partial charge on any atom is -0.449 e. The van der Waals surface area contributed by atoms with Crippen LogP contribution in [0.25, 0.3) is 0 Å². The third-order valence-electron chi connectivity index (χ3n) is 2.73. The molecule has 106 valence electrons. The summed E-state index contributed by atoms with van der Waals surface area (Å²) in [5.41, 5.74) is 1.48. The SMILES string of the molecule is CC1=CC(=O)NC(CCOC(=O)Nc2ccccc2)N1. The number of hydrogen-bond acceptors (Lipinski definition) is 4. The molecule has 1 unspecified atom stereocenters.